The largest absolute Gasteiger partial charge is 0.330 e. The van der Waals surface area contributed by atoms with Gasteiger partial charge in [0.25, 0.3) is 0 Å². The number of rotatable bonds is 5. The molecule has 0 saturated heterocycles. The van der Waals surface area contributed by atoms with E-state index >= 15 is 0 Å². The van der Waals surface area contributed by atoms with E-state index in [-0.39, 0.29) is 0 Å². The molecule has 1 fully saturated rings. The van der Waals surface area contributed by atoms with E-state index in [1.165, 1.54) is 29.7 Å². The van der Waals surface area contributed by atoms with Crippen LogP contribution in [0.25, 0.3) is 0 Å². The van der Waals surface area contributed by atoms with E-state index in [2.05, 4.69) is 53.0 Å². The number of nitrogens with zero attached hydrogens (tertiary/aromatic N) is 2. The van der Waals surface area contributed by atoms with E-state index in [1.54, 1.807) is 0 Å². The first kappa shape index (κ1) is 12.4. The SMILES string of the molecule is Cc1ccc(C(C)NCc2cncn2C2CC2)cc1. The van der Waals surface area contributed by atoms with E-state index in [0.29, 0.717) is 12.1 Å². The maximum absolute atomic E-state index is 4.27. The van der Waals surface area contributed by atoms with E-state index in [1.807, 2.05) is 12.5 Å². The van der Waals surface area contributed by atoms with Gasteiger partial charge < -0.3 is 9.88 Å². The van der Waals surface area contributed by atoms with Crippen LogP contribution in [0.15, 0.2) is 36.8 Å². The van der Waals surface area contributed by atoms with E-state index in [9.17, 15) is 0 Å². The minimum atomic E-state index is 0.364. The van der Waals surface area contributed by atoms with Crippen molar-refractivity contribution in [1.82, 2.24) is 14.9 Å². The second kappa shape index (κ2) is 5.17. The van der Waals surface area contributed by atoms with Crippen molar-refractivity contribution < 1.29 is 0 Å². The monoisotopic (exact) mass is 255 g/mol. The molecule has 2 aromatic rings. The van der Waals surface area contributed by atoms with Gasteiger partial charge in [0.2, 0.25) is 0 Å². The van der Waals surface area contributed by atoms with Crippen LogP contribution >= 0.6 is 0 Å². The van der Waals surface area contributed by atoms with Crippen molar-refractivity contribution in [1.29, 1.82) is 0 Å². The maximum atomic E-state index is 4.27. The molecule has 3 rings (SSSR count). The molecule has 0 bridgehead atoms. The summed E-state index contributed by atoms with van der Waals surface area (Å²) in [5.41, 5.74) is 3.94. The fourth-order valence-corrected chi connectivity index (χ4v) is 2.38. The number of benzene rings is 1. The second-order valence-corrected chi connectivity index (χ2v) is 5.54. The number of aryl methyl sites for hydroxylation is 1. The first-order valence-corrected chi connectivity index (χ1v) is 7.04. The Morgan fingerprint density at radius 2 is 2.05 bits per heavy atom. The molecule has 19 heavy (non-hydrogen) atoms. The Labute approximate surface area is 114 Å². The van der Waals surface area contributed by atoms with Crippen LogP contribution in [0.2, 0.25) is 0 Å². The molecular weight excluding hydrogens is 234 g/mol. The van der Waals surface area contributed by atoms with E-state index in [4.69, 9.17) is 0 Å². The molecule has 1 unspecified atom stereocenters. The molecule has 3 heteroatoms. The second-order valence-electron chi connectivity index (χ2n) is 5.54. The molecule has 1 saturated carbocycles. The van der Waals surface area contributed by atoms with Gasteiger partial charge in [-0.3, -0.25) is 0 Å². The molecule has 100 valence electrons. The highest BCUT2D eigenvalue weighted by Gasteiger charge is 2.25. The number of hydrogen-bond acceptors (Lipinski definition) is 2. The Balaban J connectivity index is 1.62. The lowest BCUT2D eigenvalue weighted by atomic mass is 10.1. The molecule has 3 nitrogen and oxygen atoms in total. The van der Waals surface area contributed by atoms with Crippen LogP contribution in [-0.4, -0.2) is 9.55 Å². The molecule has 1 aromatic carbocycles. The average Bonchev–Trinajstić information content (AvgIpc) is 3.16. The van der Waals surface area contributed by atoms with Gasteiger partial charge in [0.05, 0.1) is 12.0 Å². The predicted octanol–water partition coefficient (Wildman–Crippen LogP) is 3.38. The van der Waals surface area contributed by atoms with E-state index < -0.39 is 0 Å². The summed E-state index contributed by atoms with van der Waals surface area (Å²) >= 11 is 0. The van der Waals surface area contributed by atoms with Crippen molar-refractivity contribution in [3.8, 4) is 0 Å². The van der Waals surface area contributed by atoms with Gasteiger partial charge in [-0.05, 0) is 32.3 Å². The molecule has 0 amide bonds. The maximum Gasteiger partial charge on any atom is 0.0951 e. The lowest BCUT2D eigenvalue weighted by Gasteiger charge is -2.15. The Morgan fingerprint density at radius 3 is 2.74 bits per heavy atom. The van der Waals surface area contributed by atoms with Crippen LogP contribution in [0.3, 0.4) is 0 Å². The summed E-state index contributed by atoms with van der Waals surface area (Å²) in [6, 6.07) is 9.80. The quantitative estimate of drug-likeness (QED) is 0.887. The predicted molar refractivity (Wildman–Crippen MR) is 76.9 cm³/mol. The third-order valence-corrected chi connectivity index (χ3v) is 3.85. The summed E-state index contributed by atoms with van der Waals surface area (Å²) in [4.78, 5) is 4.27. The topological polar surface area (TPSA) is 29.9 Å². The third-order valence-electron chi connectivity index (χ3n) is 3.85. The van der Waals surface area contributed by atoms with Gasteiger partial charge >= 0.3 is 0 Å². The molecule has 0 aliphatic heterocycles. The van der Waals surface area contributed by atoms with Crippen LogP contribution in [-0.2, 0) is 6.54 Å². The zero-order valence-corrected chi connectivity index (χ0v) is 11.6. The van der Waals surface area contributed by atoms with Gasteiger partial charge in [-0.2, -0.15) is 0 Å². The molecule has 0 spiro atoms. The van der Waals surface area contributed by atoms with Crippen molar-refractivity contribution in [2.75, 3.05) is 0 Å². The molecule has 1 atom stereocenters. The Kier molecular flexibility index (Phi) is 3.38. The fourth-order valence-electron chi connectivity index (χ4n) is 2.38. The van der Waals surface area contributed by atoms with Gasteiger partial charge in [-0.15, -0.1) is 0 Å². The molecule has 1 aliphatic carbocycles. The summed E-state index contributed by atoms with van der Waals surface area (Å²) < 4.78 is 2.31. The normalized spacial score (nSPS) is 16.5. The molecule has 0 radical (unpaired) electrons. The standard InChI is InChI=1S/C16H21N3/c1-12-3-5-14(6-4-12)13(2)18-10-16-9-17-11-19(16)15-7-8-15/h3-6,9,11,13,15,18H,7-8,10H2,1-2H3. The average molecular weight is 255 g/mol. The van der Waals surface area contributed by atoms with Crippen molar-refractivity contribution in [2.45, 2.75) is 45.3 Å². The van der Waals surface area contributed by atoms with Gasteiger partial charge in [0, 0.05) is 24.8 Å². The van der Waals surface area contributed by atoms with Crippen molar-refractivity contribution in [2.24, 2.45) is 0 Å². The van der Waals surface area contributed by atoms with Crippen molar-refractivity contribution in [3.63, 3.8) is 0 Å². The lowest BCUT2D eigenvalue weighted by molar-refractivity contribution is 0.547. The summed E-state index contributed by atoms with van der Waals surface area (Å²) in [6.45, 7) is 5.21. The Bertz CT molecular complexity index is 537. The van der Waals surface area contributed by atoms with Crippen LogP contribution in [0.1, 0.15) is 48.7 Å². The lowest BCUT2D eigenvalue weighted by Crippen LogP contribution is -2.19. The first-order valence-electron chi connectivity index (χ1n) is 7.04. The van der Waals surface area contributed by atoms with Crippen LogP contribution in [0, 0.1) is 6.92 Å². The first-order chi connectivity index (χ1) is 9.24. The third kappa shape index (κ3) is 2.87. The molecular formula is C16H21N3. The highest BCUT2D eigenvalue weighted by atomic mass is 15.1. The molecule has 1 heterocycles. The smallest absolute Gasteiger partial charge is 0.0951 e. The Hall–Kier alpha value is -1.61. The molecule has 1 aliphatic rings. The van der Waals surface area contributed by atoms with E-state index in [0.717, 1.165) is 6.54 Å². The van der Waals surface area contributed by atoms with Crippen molar-refractivity contribution >= 4 is 0 Å². The molecule has 1 N–H and O–H groups in total. The minimum Gasteiger partial charge on any atom is -0.330 e. The summed E-state index contributed by atoms with van der Waals surface area (Å²) in [5, 5.41) is 3.58. The summed E-state index contributed by atoms with van der Waals surface area (Å²) in [6.07, 6.45) is 6.55. The number of aromatic nitrogens is 2. The van der Waals surface area contributed by atoms with Gasteiger partial charge in [0.15, 0.2) is 0 Å². The molecule has 1 aromatic heterocycles. The number of hydrogen-bond donors (Lipinski definition) is 1. The number of nitrogens with one attached hydrogen (secondary N) is 1. The zero-order valence-electron chi connectivity index (χ0n) is 11.6. The van der Waals surface area contributed by atoms with Crippen LogP contribution in [0.4, 0.5) is 0 Å². The fraction of sp³-hybridized carbons (Fsp3) is 0.438. The summed E-state index contributed by atoms with van der Waals surface area (Å²) in [5.74, 6) is 0. The summed E-state index contributed by atoms with van der Waals surface area (Å²) in [7, 11) is 0. The minimum absolute atomic E-state index is 0.364. The van der Waals surface area contributed by atoms with Gasteiger partial charge in [0.1, 0.15) is 0 Å². The highest BCUT2D eigenvalue weighted by Crippen LogP contribution is 2.35. The number of imidazole rings is 1. The Morgan fingerprint density at radius 1 is 1.32 bits per heavy atom. The van der Waals surface area contributed by atoms with Crippen molar-refractivity contribution in [3.05, 3.63) is 53.6 Å². The highest BCUT2D eigenvalue weighted by molar-refractivity contribution is 5.23. The van der Waals surface area contributed by atoms with Crippen LogP contribution < -0.4 is 5.32 Å². The van der Waals surface area contributed by atoms with Crippen LogP contribution in [0.5, 0.6) is 0 Å². The zero-order chi connectivity index (χ0) is 13.2. The van der Waals surface area contributed by atoms with Gasteiger partial charge in [-0.1, -0.05) is 29.8 Å². The van der Waals surface area contributed by atoms with Gasteiger partial charge in [-0.25, -0.2) is 4.98 Å².